The summed E-state index contributed by atoms with van der Waals surface area (Å²) in [5.41, 5.74) is 0.969. The molecule has 1 atom stereocenters. The average Bonchev–Trinajstić information content (AvgIpc) is 2.77. The molecule has 2 aromatic rings. The number of aliphatic hydroxyl groups is 1. The van der Waals surface area contributed by atoms with Gasteiger partial charge in [-0.15, -0.1) is 0 Å². The Labute approximate surface area is 202 Å². The van der Waals surface area contributed by atoms with Crippen LogP contribution in [0.2, 0.25) is 10.0 Å². The first-order valence-electron chi connectivity index (χ1n) is 10.7. The van der Waals surface area contributed by atoms with E-state index in [9.17, 15) is 19.1 Å². The molecule has 7 nitrogen and oxygen atoms in total. The molecule has 2 amide bonds. The summed E-state index contributed by atoms with van der Waals surface area (Å²) in [5, 5.41) is 16.5. The maximum Gasteiger partial charge on any atom is 0.234 e. The lowest BCUT2D eigenvalue weighted by atomic mass is 10.2. The van der Waals surface area contributed by atoms with Crippen molar-refractivity contribution in [1.29, 1.82) is 0 Å². The molecule has 1 unspecified atom stereocenters. The van der Waals surface area contributed by atoms with Crippen LogP contribution in [0.4, 0.5) is 10.1 Å². The molecule has 3 N–H and O–H groups in total. The summed E-state index contributed by atoms with van der Waals surface area (Å²) in [5.74, 6) is -1.04. The van der Waals surface area contributed by atoms with Crippen LogP contribution >= 0.6 is 23.2 Å². The third-order valence-corrected chi connectivity index (χ3v) is 6.08. The van der Waals surface area contributed by atoms with E-state index in [0.717, 1.165) is 5.56 Å². The first kappa shape index (κ1) is 25.4. The largest absolute Gasteiger partial charge is 0.391 e. The van der Waals surface area contributed by atoms with E-state index in [-0.39, 0.29) is 24.6 Å². The molecule has 1 aliphatic rings. The van der Waals surface area contributed by atoms with Crippen molar-refractivity contribution in [2.75, 3.05) is 44.6 Å². The minimum absolute atomic E-state index is 0.0839. The van der Waals surface area contributed by atoms with Crippen LogP contribution < -0.4 is 10.6 Å². The molecule has 178 valence electrons. The highest BCUT2D eigenvalue weighted by molar-refractivity contribution is 6.42. The Morgan fingerprint density at radius 1 is 1.00 bits per heavy atom. The third-order valence-electron chi connectivity index (χ3n) is 5.34. The lowest BCUT2D eigenvalue weighted by Gasteiger charge is -2.35. The van der Waals surface area contributed by atoms with E-state index in [4.69, 9.17) is 23.2 Å². The highest BCUT2D eigenvalue weighted by Crippen LogP contribution is 2.22. The molecule has 2 aromatic carbocycles. The van der Waals surface area contributed by atoms with Crippen LogP contribution in [0.3, 0.4) is 0 Å². The summed E-state index contributed by atoms with van der Waals surface area (Å²) in [4.78, 5) is 28.4. The van der Waals surface area contributed by atoms with Gasteiger partial charge in [0.1, 0.15) is 5.82 Å². The zero-order chi connectivity index (χ0) is 23.8. The lowest BCUT2D eigenvalue weighted by Crippen LogP contribution is -2.51. The summed E-state index contributed by atoms with van der Waals surface area (Å²) < 4.78 is 13.6. The maximum absolute atomic E-state index is 13.6. The molecule has 33 heavy (non-hydrogen) atoms. The predicted octanol–water partition coefficient (Wildman–Crippen LogP) is 2.76. The number of halogens is 3. The standard InChI is InChI=1S/C23H27Cl2FN4O3/c24-18-6-5-16(11-19(18)25)13-27-23(33)15-30-9-7-29(8-10-30)14-17(31)12-22(32)28-21-4-2-1-3-20(21)26/h1-6,11,17,31H,7-10,12-15H2,(H,27,33)(H,28,32). The quantitative estimate of drug-likeness (QED) is 0.497. The van der Waals surface area contributed by atoms with Crippen molar-refractivity contribution in [2.45, 2.75) is 19.1 Å². The number of hydrogen-bond acceptors (Lipinski definition) is 5. The molecule has 0 bridgehead atoms. The van der Waals surface area contributed by atoms with Crippen LogP contribution in [0, 0.1) is 5.82 Å². The van der Waals surface area contributed by atoms with E-state index < -0.39 is 17.8 Å². The van der Waals surface area contributed by atoms with E-state index >= 15 is 0 Å². The second-order valence-corrected chi connectivity index (χ2v) is 8.80. The van der Waals surface area contributed by atoms with Gasteiger partial charge in [-0.1, -0.05) is 41.4 Å². The minimum Gasteiger partial charge on any atom is -0.391 e. The van der Waals surface area contributed by atoms with E-state index in [2.05, 4.69) is 10.6 Å². The van der Waals surface area contributed by atoms with Crippen LogP contribution in [0.25, 0.3) is 0 Å². The fraction of sp³-hybridized carbons (Fsp3) is 0.391. The first-order valence-corrected chi connectivity index (χ1v) is 11.4. The smallest absolute Gasteiger partial charge is 0.234 e. The fourth-order valence-corrected chi connectivity index (χ4v) is 3.90. The first-order chi connectivity index (χ1) is 15.8. The Morgan fingerprint density at radius 3 is 2.39 bits per heavy atom. The molecule has 1 fully saturated rings. The normalized spacial score (nSPS) is 15.8. The van der Waals surface area contributed by atoms with Crippen molar-refractivity contribution in [1.82, 2.24) is 15.1 Å². The van der Waals surface area contributed by atoms with Crippen LogP contribution in [0.1, 0.15) is 12.0 Å². The van der Waals surface area contributed by atoms with Crippen molar-refractivity contribution in [2.24, 2.45) is 0 Å². The summed E-state index contributed by atoms with van der Waals surface area (Å²) >= 11 is 11.9. The molecule has 0 radical (unpaired) electrons. The van der Waals surface area contributed by atoms with Crippen LogP contribution in [-0.4, -0.2) is 72.1 Å². The van der Waals surface area contributed by atoms with Gasteiger partial charge in [-0.2, -0.15) is 0 Å². The van der Waals surface area contributed by atoms with Crippen molar-refractivity contribution >= 4 is 40.7 Å². The molecule has 3 rings (SSSR count). The van der Waals surface area contributed by atoms with Gasteiger partial charge < -0.3 is 15.7 Å². The molecule has 0 spiro atoms. The van der Waals surface area contributed by atoms with Crippen LogP contribution in [-0.2, 0) is 16.1 Å². The number of benzene rings is 2. The number of para-hydroxylation sites is 1. The van der Waals surface area contributed by atoms with Gasteiger partial charge in [0.25, 0.3) is 0 Å². The second kappa shape index (κ2) is 12.3. The van der Waals surface area contributed by atoms with Gasteiger partial charge in [-0.05, 0) is 29.8 Å². The minimum atomic E-state index is -0.863. The van der Waals surface area contributed by atoms with Crippen molar-refractivity contribution in [3.63, 3.8) is 0 Å². The van der Waals surface area contributed by atoms with Gasteiger partial charge in [0.15, 0.2) is 0 Å². The molecular formula is C23H27Cl2FN4O3. The summed E-state index contributed by atoms with van der Waals surface area (Å²) in [6.45, 7) is 3.68. The van der Waals surface area contributed by atoms with Crippen LogP contribution in [0.15, 0.2) is 42.5 Å². The Hall–Kier alpha value is -2.23. The van der Waals surface area contributed by atoms with Crippen molar-refractivity contribution < 1.29 is 19.1 Å². The number of hydrogen-bond donors (Lipinski definition) is 3. The number of rotatable bonds is 9. The van der Waals surface area contributed by atoms with Crippen molar-refractivity contribution in [3.05, 3.63) is 63.9 Å². The second-order valence-electron chi connectivity index (χ2n) is 7.99. The molecule has 0 saturated carbocycles. The van der Waals surface area contributed by atoms with Gasteiger partial charge >= 0.3 is 0 Å². The number of carbonyl (C=O) groups excluding carboxylic acids is 2. The SMILES string of the molecule is O=C(CN1CCN(CC(O)CC(=O)Nc2ccccc2F)CC1)NCc1ccc(Cl)c(Cl)c1. The maximum atomic E-state index is 13.6. The predicted molar refractivity (Wildman–Crippen MR) is 127 cm³/mol. The highest BCUT2D eigenvalue weighted by atomic mass is 35.5. The van der Waals surface area contributed by atoms with Gasteiger partial charge in [-0.25, -0.2) is 4.39 Å². The van der Waals surface area contributed by atoms with Gasteiger partial charge in [0, 0.05) is 39.3 Å². The number of carbonyl (C=O) groups is 2. The zero-order valence-corrected chi connectivity index (χ0v) is 19.6. The van der Waals surface area contributed by atoms with E-state index in [0.29, 0.717) is 49.3 Å². The molecule has 0 aliphatic carbocycles. The van der Waals surface area contributed by atoms with Gasteiger partial charge in [-0.3, -0.25) is 19.4 Å². The Bertz CT molecular complexity index is 970. The zero-order valence-electron chi connectivity index (χ0n) is 18.1. The van der Waals surface area contributed by atoms with Gasteiger partial charge in [0.2, 0.25) is 11.8 Å². The summed E-state index contributed by atoms with van der Waals surface area (Å²) in [6.07, 6.45) is -0.983. The Kier molecular flexibility index (Phi) is 9.46. The summed E-state index contributed by atoms with van der Waals surface area (Å²) in [6, 6.07) is 11.1. The monoisotopic (exact) mass is 496 g/mol. The summed E-state index contributed by atoms with van der Waals surface area (Å²) in [7, 11) is 0. The van der Waals surface area contributed by atoms with E-state index in [1.54, 1.807) is 24.3 Å². The molecule has 10 heteroatoms. The van der Waals surface area contributed by atoms with E-state index in [1.807, 2.05) is 15.9 Å². The number of nitrogens with one attached hydrogen (secondary N) is 2. The fourth-order valence-electron chi connectivity index (χ4n) is 3.58. The third kappa shape index (κ3) is 8.24. The van der Waals surface area contributed by atoms with Crippen LogP contribution in [0.5, 0.6) is 0 Å². The highest BCUT2D eigenvalue weighted by Gasteiger charge is 2.22. The van der Waals surface area contributed by atoms with Gasteiger partial charge in [0.05, 0.1) is 34.8 Å². The topological polar surface area (TPSA) is 84.9 Å². The molecule has 1 heterocycles. The van der Waals surface area contributed by atoms with Crippen molar-refractivity contribution in [3.8, 4) is 0 Å². The molecule has 1 aliphatic heterocycles. The Morgan fingerprint density at radius 2 is 1.70 bits per heavy atom. The number of β-amino-alcohol motifs (C(OH)–C–C–N with tert-alkyl or cyclic N) is 1. The number of anilines is 1. The van der Waals surface area contributed by atoms with E-state index in [1.165, 1.54) is 12.1 Å². The molecule has 1 saturated heterocycles. The number of nitrogens with zero attached hydrogens (tertiary/aromatic N) is 2. The number of piperazine rings is 1. The lowest BCUT2D eigenvalue weighted by molar-refractivity contribution is -0.123. The number of aliphatic hydroxyl groups excluding tert-OH is 1. The Balaban J connectivity index is 1.33. The molecule has 0 aromatic heterocycles. The molecular weight excluding hydrogens is 470 g/mol. The number of amides is 2. The average molecular weight is 497 g/mol.